The molecule has 0 saturated carbocycles. The van der Waals surface area contributed by atoms with E-state index in [2.05, 4.69) is 10.5 Å². The van der Waals surface area contributed by atoms with Crippen molar-refractivity contribution in [3.05, 3.63) is 64.7 Å². The van der Waals surface area contributed by atoms with Crippen molar-refractivity contribution in [1.29, 1.82) is 5.39 Å². The maximum Gasteiger partial charge on any atom is 0.345 e. The number of carbonyl (C=O) groups is 2. The summed E-state index contributed by atoms with van der Waals surface area (Å²) in [5.41, 5.74) is 3.10. The van der Waals surface area contributed by atoms with Crippen LogP contribution >= 0.6 is 0 Å². The van der Waals surface area contributed by atoms with Gasteiger partial charge in [0.05, 0.1) is 11.1 Å². The SMILES string of the molecule is CC(=O)c1ccccc1OC(=O)c1ccccc1N[N+]#N. The highest BCUT2D eigenvalue weighted by atomic mass is 16.5. The van der Waals surface area contributed by atoms with E-state index in [9.17, 15) is 9.59 Å². The van der Waals surface area contributed by atoms with Gasteiger partial charge in [0.1, 0.15) is 11.4 Å². The predicted octanol–water partition coefficient (Wildman–Crippen LogP) is 3.29. The Morgan fingerprint density at radius 2 is 1.67 bits per heavy atom. The Morgan fingerprint density at radius 3 is 2.33 bits per heavy atom. The zero-order valence-corrected chi connectivity index (χ0v) is 11.2. The number of hydrogen-bond donors (Lipinski definition) is 1. The number of nitrogens with zero attached hydrogens (tertiary/aromatic N) is 2. The lowest BCUT2D eigenvalue weighted by Gasteiger charge is -2.08. The van der Waals surface area contributed by atoms with Gasteiger partial charge in [0.2, 0.25) is 0 Å². The number of carbonyl (C=O) groups excluding carboxylic acids is 2. The monoisotopic (exact) mass is 282 g/mol. The standard InChI is InChI=1S/C15H11N3O3/c1-10(19)11-6-3-5-9-14(11)21-15(20)12-7-2-4-8-13(12)17-18-16/h2-9H,1H3/p+1. The lowest BCUT2D eigenvalue weighted by molar-refractivity contribution is 0.0734. The number of Topliss-reactive ketones (excluding diaryl/α,β-unsaturated/α-hetero) is 1. The van der Waals surface area contributed by atoms with E-state index in [1.807, 2.05) is 0 Å². The van der Waals surface area contributed by atoms with Crippen LogP contribution in [0.5, 0.6) is 5.75 Å². The van der Waals surface area contributed by atoms with Crippen LogP contribution in [0.15, 0.2) is 48.5 Å². The first kappa shape index (κ1) is 14.2. The third-order valence-electron chi connectivity index (χ3n) is 2.79. The molecule has 0 amide bonds. The van der Waals surface area contributed by atoms with Crippen molar-refractivity contribution in [3.63, 3.8) is 0 Å². The van der Waals surface area contributed by atoms with Crippen LogP contribution in [0.25, 0.3) is 5.08 Å². The molecule has 0 bridgehead atoms. The van der Waals surface area contributed by atoms with E-state index < -0.39 is 5.97 Å². The number of ether oxygens (including phenoxy) is 1. The van der Waals surface area contributed by atoms with Crippen LogP contribution in [-0.4, -0.2) is 11.8 Å². The molecule has 0 aliphatic heterocycles. The zero-order chi connectivity index (χ0) is 15.2. The van der Waals surface area contributed by atoms with Crippen LogP contribution in [0.1, 0.15) is 27.6 Å². The lowest BCUT2D eigenvalue weighted by atomic mass is 10.1. The molecule has 0 radical (unpaired) electrons. The van der Waals surface area contributed by atoms with Gasteiger partial charge in [0.15, 0.2) is 5.78 Å². The molecule has 21 heavy (non-hydrogen) atoms. The summed E-state index contributed by atoms with van der Waals surface area (Å²) < 4.78 is 5.26. The normalized spacial score (nSPS) is 9.52. The second-order valence-electron chi connectivity index (χ2n) is 4.20. The fraction of sp³-hybridized carbons (Fsp3) is 0.0667. The average Bonchev–Trinajstić information content (AvgIpc) is 2.48. The smallest absolute Gasteiger partial charge is 0.345 e. The van der Waals surface area contributed by atoms with Gasteiger partial charge in [-0.1, -0.05) is 24.3 Å². The molecular weight excluding hydrogens is 270 g/mol. The van der Waals surface area contributed by atoms with Crippen LogP contribution in [0.2, 0.25) is 0 Å². The highest BCUT2D eigenvalue weighted by Gasteiger charge is 2.18. The molecule has 0 heterocycles. The third-order valence-corrected chi connectivity index (χ3v) is 2.79. The molecule has 2 rings (SSSR count). The molecule has 1 N–H and O–H groups in total. The number of diazo groups is 1. The molecule has 0 spiro atoms. The molecule has 0 atom stereocenters. The Labute approximate surface area is 121 Å². The number of nitrogens with one attached hydrogen (secondary N) is 1. The van der Waals surface area contributed by atoms with E-state index in [1.54, 1.807) is 42.5 Å². The summed E-state index contributed by atoms with van der Waals surface area (Å²) >= 11 is 0. The molecule has 6 nitrogen and oxygen atoms in total. The van der Waals surface area contributed by atoms with Gasteiger partial charge >= 0.3 is 11.1 Å². The maximum absolute atomic E-state index is 12.2. The molecule has 6 heteroatoms. The van der Waals surface area contributed by atoms with Crippen LogP contribution < -0.4 is 10.2 Å². The second kappa shape index (κ2) is 6.30. The molecule has 0 unspecified atom stereocenters. The summed E-state index contributed by atoms with van der Waals surface area (Å²) in [7, 11) is 0. The number of hydrogen-bond acceptors (Lipinski definition) is 5. The fourth-order valence-corrected chi connectivity index (χ4v) is 1.81. The van der Waals surface area contributed by atoms with E-state index >= 15 is 0 Å². The second-order valence-corrected chi connectivity index (χ2v) is 4.20. The number of para-hydroxylation sites is 2. The Kier molecular flexibility index (Phi) is 4.26. The number of ketones is 1. The van der Waals surface area contributed by atoms with Crippen LogP contribution in [0.4, 0.5) is 5.69 Å². The lowest BCUT2D eigenvalue weighted by Crippen LogP contribution is -2.12. The van der Waals surface area contributed by atoms with Crippen molar-refractivity contribution in [2.24, 2.45) is 0 Å². The average molecular weight is 282 g/mol. The van der Waals surface area contributed by atoms with Gasteiger partial charge in [-0.15, -0.1) is 0 Å². The Bertz CT molecular complexity index is 735. The quantitative estimate of drug-likeness (QED) is 0.306. The van der Waals surface area contributed by atoms with E-state index in [-0.39, 0.29) is 17.1 Å². The maximum atomic E-state index is 12.2. The van der Waals surface area contributed by atoms with Gasteiger partial charge in [-0.05, 0) is 36.6 Å². The molecule has 0 saturated heterocycles. The minimum absolute atomic E-state index is 0.186. The van der Waals surface area contributed by atoms with Gasteiger partial charge in [-0.2, -0.15) is 0 Å². The summed E-state index contributed by atoms with van der Waals surface area (Å²) in [5.74, 6) is -0.670. The topological polar surface area (TPSA) is 83.6 Å². The van der Waals surface area contributed by atoms with Gasteiger partial charge in [-0.3, -0.25) is 4.79 Å². The molecule has 0 aliphatic carbocycles. The number of anilines is 1. The van der Waals surface area contributed by atoms with Gasteiger partial charge < -0.3 is 4.74 Å². The third kappa shape index (κ3) is 3.22. The highest BCUT2D eigenvalue weighted by Crippen LogP contribution is 2.22. The molecule has 0 aromatic heterocycles. The van der Waals surface area contributed by atoms with E-state index in [0.717, 1.165) is 0 Å². The van der Waals surface area contributed by atoms with Crippen molar-refractivity contribution in [2.75, 3.05) is 5.43 Å². The van der Waals surface area contributed by atoms with Gasteiger partial charge in [0.25, 0.3) is 5.39 Å². The van der Waals surface area contributed by atoms with Crippen LogP contribution in [-0.2, 0) is 0 Å². The predicted molar refractivity (Wildman–Crippen MR) is 76.6 cm³/mol. The first-order valence-corrected chi connectivity index (χ1v) is 6.14. The fourth-order valence-electron chi connectivity index (χ4n) is 1.81. The minimum atomic E-state index is -0.657. The minimum Gasteiger partial charge on any atom is -0.422 e. The Hall–Kier alpha value is -3.20. The summed E-state index contributed by atoms with van der Waals surface area (Å²) in [4.78, 5) is 23.7. The largest absolute Gasteiger partial charge is 0.422 e. The summed E-state index contributed by atoms with van der Waals surface area (Å²) in [5, 5.41) is 11.3. The van der Waals surface area contributed by atoms with Crippen molar-refractivity contribution < 1.29 is 14.3 Å². The van der Waals surface area contributed by atoms with Crippen molar-refractivity contribution in [1.82, 2.24) is 0 Å². The number of esters is 1. The zero-order valence-electron chi connectivity index (χ0n) is 11.2. The molecule has 0 fully saturated rings. The molecule has 2 aromatic carbocycles. The molecule has 0 aliphatic rings. The number of rotatable bonds is 4. The summed E-state index contributed by atoms with van der Waals surface area (Å²) in [6.07, 6.45) is 0. The number of benzene rings is 2. The van der Waals surface area contributed by atoms with E-state index in [0.29, 0.717) is 11.3 Å². The Balaban J connectivity index is 2.31. The van der Waals surface area contributed by atoms with Crippen LogP contribution in [0.3, 0.4) is 0 Å². The van der Waals surface area contributed by atoms with E-state index in [4.69, 9.17) is 10.1 Å². The highest BCUT2D eigenvalue weighted by molar-refractivity contribution is 6.00. The first-order valence-electron chi connectivity index (χ1n) is 6.14. The molecule has 104 valence electrons. The van der Waals surface area contributed by atoms with E-state index in [1.165, 1.54) is 13.0 Å². The van der Waals surface area contributed by atoms with Gasteiger partial charge in [0, 0.05) is 0 Å². The first-order chi connectivity index (χ1) is 10.1. The van der Waals surface area contributed by atoms with Crippen molar-refractivity contribution >= 4 is 17.4 Å². The van der Waals surface area contributed by atoms with Crippen LogP contribution in [0, 0.1) is 5.39 Å². The summed E-state index contributed by atoms with van der Waals surface area (Å²) in [6.45, 7) is 1.40. The molecule has 2 aromatic rings. The van der Waals surface area contributed by atoms with Crippen molar-refractivity contribution in [2.45, 2.75) is 6.92 Å². The Morgan fingerprint density at radius 1 is 1.05 bits per heavy atom. The van der Waals surface area contributed by atoms with Crippen molar-refractivity contribution in [3.8, 4) is 5.75 Å². The van der Waals surface area contributed by atoms with Gasteiger partial charge in [-0.25, -0.2) is 4.79 Å². The summed E-state index contributed by atoms with van der Waals surface area (Å²) in [6, 6.07) is 12.9. The molecular formula is C15H12N3O3+.